The van der Waals surface area contributed by atoms with Crippen molar-refractivity contribution in [2.45, 2.75) is 130 Å². The standard InChI is InChI=1S/C68H68BN3O/c1-10-12-19-44-27-31-46(32-28-44)70(47-33-29-45(30-34-47)20-13-11-2)48-40-51-62-58(36-35-50-49-21-14-17-26-61(49)73-65(50)62)72(59-42-55-54(39-43(59)3)66(4,5)37-38-67(55,6)7)69-56-24-18-23-53-64(56)71(60(41-48)63(51)69)57-25-16-15-22-52(57)68(53,8)9/h14-18,21-36,39-42H,10-13,19-20,37-38H2,1-9H3. The van der Waals surface area contributed by atoms with Crippen LogP contribution in [-0.2, 0) is 29.1 Å². The van der Waals surface area contributed by atoms with Crippen molar-refractivity contribution >= 4 is 85.2 Å². The molecule has 3 aliphatic heterocycles. The monoisotopic (exact) mass is 954 g/mol. The van der Waals surface area contributed by atoms with Gasteiger partial charge in [-0.3, -0.25) is 0 Å². The Morgan fingerprint density at radius 2 is 1.18 bits per heavy atom. The van der Waals surface area contributed by atoms with Gasteiger partial charge in [0.25, 0.3) is 0 Å². The maximum Gasteiger partial charge on any atom is 0.333 e. The molecule has 0 unspecified atom stereocenters. The highest BCUT2D eigenvalue weighted by molar-refractivity contribution is 6.94. The van der Waals surface area contributed by atoms with E-state index in [4.69, 9.17) is 4.42 Å². The Labute approximate surface area is 433 Å². The van der Waals surface area contributed by atoms with E-state index < -0.39 is 0 Å². The van der Waals surface area contributed by atoms with Gasteiger partial charge >= 0.3 is 6.85 Å². The van der Waals surface area contributed by atoms with E-state index in [0.717, 1.165) is 63.8 Å². The first-order valence-corrected chi connectivity index (χ1v) is 27.4. The molecule has 0 atom stereocenters. The summed E-state index contributed by atoms with van der Waals surface area (Å²) in [5.41, 5.74) is 26.1. The molecular formula is C68H68BN3O. The summed E-state index contributed by atoms with van der Waals surface area (Å²) in [6, 6.07) is 58.7. The lowest BCUT2D eigenvalue weighted by molar-refractivity contribution is 0.332. The molecule has 9 aromatic rings. The van der Waals surface area contributed by atoms with Crippen LogP contribution in [0, 0.1) is 6.92 Å². The predicted molar refractivity (Wildman–Crippen MR) is 312 cm³/mol. The van der Waals surface area contributed by atoms with Gasteiger partial charge in [-0.25, -0.2) is 0 Å². The maximum absolute atomic E-state index is 7.24. The number of nitrogens with zero attached hydrogens (tertiary/aromatic N) is 3. The Hall–Kier alpha value is -6.98. The van der Waals surface area contributed by atoms with Crippen molar-refractivity contribution in [3.05, 3.63) is 191 Å². The van der Waals surface area contributed by atoms with E-state index in [1.165, 1.54) is 116 Å². The average molecular weight is 954 g/mol. The molecule has 4 aliphatic rings. The van der Waals surface area contributed by atoms with E-state index >= 15 is 0 Å². The molecule has 0 amide bonds. The SMILES string of the molecule is CCCCc1ccc(N(c2ccc(CCCC)cc2)c2cc3c4c(c2)N2c5ccccc5C(C)(C)c5cccc(c52)B4N(c2cc4c(cc2C)C(C)(C)CCC4(C)C)c2ccc4c(oc5ccccc54)c2-3)cc1. The van der Waals surface area contributed by atoms with E-state index in [1.54, 1.807) is 0 Å². The quantitative estimate of drug-likeness (QED) is 0.127. The first-order chi connectivity index (χ1) is 35.3. The summed E-state index contributed by atoms with van der Waals surface area (Å²) < 4.78 is 7.24. The second kappa shape index (κ2) is 16.8. The van der Waals surface area contributed by atoms with Crippen LogP contribution in [0.5, 0.6) is 0 Å². The number of hydrogen-bond donors (Lipinski definition) is 0. The van der Waals surface area contributed by atoms with Crippen LogP contribution in [0.4, 0.5) is 45.5 Å². The topological polar surface area (TPSA) is 22.9 Å². The second-order valence-corrected chi connectivity index (χ2v) is 23.7. The van der Waals surface area contributed by atoms with Crippen molar-refractivity contribution in [3.63, 3.8) is 0 Å². The van der Waals surface area contributed by atoms with Gasteiger partial charge in [0.1, 0.15) is 11.2 Å². The number of para-hydroxylation sites is 3. The Morgan fingerprint density at radius 1 is 0.548 bits per heavy atom. The molecule has 0 fully saturated rings. The van der Waals surface area contributed by atoms with Crippen molar-refractivity contribution in [1.82, 2.24) is 0 Å². The molecule has 0 saturated carbocycles. The number of fused-ring (bicyclic) bond motifs is 11. The first-order valence-electron chi connectivity index (χ1n) is 27.4. The highest BCUT2D eigenvalue weighted by Crippen LogP contribution is 2.58. The molecule has 1 aromatic heterocycles. The van der Waals surface area contributed by atoms with Gasteiger partial charge in [0.05, 0.1) is 5.69 Å². The number of rotatable bonds is 10. The number of aryl methyl sites for hydroxylation is 3. The smallest absolute Gasteiger partial charge is 0.333 e. The molecule has 364 valence electrons. The van der Waals surface area contributed by atoms with E-state index in [2.05, 4.69) is 229 Å². The fourth-order valence-corrected chi connectivity index (χ4v) is 13.6. The average Bonchev–Trinajstić information content (AvgIpc) is 3.78. The highest BCUT2D eigenvalue weighted by atomic mass is 16.3. The fourth-order valence-electron chi connectivity index (χ4n) is 13.6. The van der Waals surface area contributed by atoms with Gasteiger partial charge < -0.3 is 19.0 Å². The van der Waals surface area contributed by atoms with Crippen LogP contribution in [0.2, 0.25) is 0 Å². The highest BCUT2D eigenvalue weighted by Gasteiger charge is 2.51. The maximum atomic E-state index is 7.24. The lowest BCUT2D eigenvalue weighted by Crippen LogP contribution is -2.62. The third kappa shape index (κ3) is 6.93. The minimum Gasteiger partial charge on any atom is -0.455 e. The molecule has 0 saturated heterocycles. The first kappa shape index (κ1) is 45.9. The zero-order valence-electron chi connectivity index (χ0n) is 44.4. The van der Waals surface area contributed by atoms with E-state index in [1.807, 2.05) is 0 Å². The Balaban J connectivity index is 1.16. The van der Waals surface area contributed by atoms with Crippen molar-refractivity contribution < 1.29 is 4.42 Å². The number of benzene rings is 8. The van der Waals surface area contributed by atoms with Crippen molar-refractivity contribution in [2.24, 2.45) is 0 Å². The van der Waals surface area contributed by atoms with Crippen molar-refractivity contribution in [2.75, 3.05) is 14.6 Å². The normalized spacial score (nSPS) is 16.2. The van der Waals surface area contributed by atoms with Crippen LogP contribution >= 0.6 is 0 Å². The molecule has 0 radical (unpaired) electrons. The number of hydrogen-bond acceptors (Lipinski definition) is 4. The molecule has 1 aliphatic carbocycles. The largest absolute Gasteiger partial charge is 0.455 e. The number of furan rings is 1. The van der Waals surface area contributed by atoms with Crippen LogP contribution in [0.15, 0.2) is 156 Å². The summed E-state index contributed by atoms with van der Waals surface area (Å²) >= 11 is 0. The lowest BCUT2D eigenvalue weighted by Gasteiger charge is -2.51. The molecule has 8 aromatic carbocycles. The minimum atomic E-state index is -0.239. The van der Waals surface area contributed by atoms with E-state index in [-0.39, 0.29) is 23.1 Å². The van der Waals surface area contributed by atoms with Gasteiger partial charge in [0.15, 0.2) is 0 Å². The van der Waals surface area contributed by atoms with E-state index in [0.29, 0.717) is 0 Å². The predicted octanol–water partition coefficient (Wildman–Crippen LogP) is 17.7. The molecule has 4 heterocycles. The zero-order chi connectivity index (χ0) is 50.1. The van der Waals surface area contributed by atoms with Gasteiger partial charge in [0.2, 0.25) is 0 Å². The summed E-state index contributed by atoms with van der Waals surface area (Å²) in [4.78, 5) is 7.91. The molecule has 4 nitrogen and oxygen atoms in total. The van der Waals surface area contributed by atoms with Crippen LogP contribution < -0.4 is 25.5 Å². The Kier molecular flexibility index (Phi) is 10.5. The van der Waals surface area contributed by atoms with Crippen LogP contribution in [-0.4, -0.2) is 6.85 Å². The summed E-state index contributed by atoms with van der Waals surface area (Å²) in [6.07, 6.45) is 9.22. The number of anilines is 8. The van der Waals surface area contributed by atoms with Crippen LogP contribution in [0.3, 0.4) is 0 Å². The molecule has 5 heteroatoms. The minimum absolute atomic E-state index is 0.0292. The van der Waals surface area contributed by atoms with Gasteiger partial charge in [-0.15, -0.1) is 0 Å². The third-order valence-electron chi connectivity index (χ3n) is 17.8. The molecule has 0 N–H and O–H groups in total. The van der Waals surface area contributed by atoms with Gasteiger partial charge in [0, 0.05) is 61.6 Å². The molecular weight excluding hydrogens is 886 g/mol. The lowest BCUT2D eigenvalue weighted by atomic mass is 9.42. The summed E-state index contributed by atoms with van der Waals surface area (Å²) in [5.74, 6) is 0. The Morgan fingerprint density at radius 3 is 1.86 bits per heavy atom. The van der Waals surface area contributed by atoms with E-state index in [9.17, 15) is 0 Å². The van der Waals surface area contributed by atoms with Crippen molar-refractivity contribution in [3.8, 4) is 11.1 Å². The molecule has 0 bridgehead atoms. The molecule has 0 spiro atoms. The van der Waals surface area contributed by atoms with Gasteiger partial charge in [-0.2, -0.15) is 0 Å². The summed E-state index contributed by atoms with van der Waals surface area (Å²) in [6.45, 7) is 21.5. The fraction of sp³-hybridized carbons (Fsp3) is 0.294. The van der Waals surface area contributed by atoms with Gasteiger partial charge in [-0.1, -0.05) is 153 Å². The third-order valence-corrected chi connectivity index (χ3v) is 17.8. The van der Waals surface area contributed by atoms with Crippen molar-refractivity contribution in [1.29, 1.82) is 0 Å². The number of unbranched alkanes of at least 4 members (excludes halogenated alkanes) is 2. The summed E-state index contributed by atoms with van der Waals surface area (Å²) in [5, 5.41) is 2.28. The molecule has 13 rings (SSSR count). The van der Waals surface area contributed by atoms with Crippen LogP contribution in [0.25, 0.3) is 33.1 Å². The van der Waals surface area contributed by atoms with Gasteiger partial charge in [-0.05, 0) is 178 Å². The van der Waals surface area contributed by atoms with Crippen LogP contribution in [0.1, 0.15) is 133 Å². The second-order valence-electron chi connectivity index (χ2n) is 23.7. The molecule has 73 heavy (non-hydrogen) atoms. The zero-order valence-corrected chi connectivity index (χ0v) is 44.4. The Bertz CT molecular complexity index is 3620. The summed E-state index contributed by atoms with van der Waals surface area (Å²) in [7, 11) is 0.